The molecule has 0 aliphatic rings. The van der Waals surface area contributed by atoms with Gasteiger partial charge in [-0.1, -0.05) is 12.1 Å². The number of hydrogen-bond acceptors (Lipinski definition) is 5. The second-order valence-corrected chi connectivity index (χ2v) is 8.40. The molecule has 2 aromatic heterocycles. The van der Waals surface area contributed by atoms with E-state index in [4.69, 9.17) is 5.26 Å². The lowest BCUT2D eigenvalue weighted by Gasteiger charge is -2.18. The third-order valence-electron chi connectivity index (χ3n) is 4.00. The van der Waals surface area contributed by atoms with Crippen LogP contribution in [0.4, 0.5) is 4.79 Å². The van der Waals surface area contributed by atoms with Gasteiger partial charge in [-0.15, -0.1) is 22.7 Å². The monoisotopic (exact) mass is 396 g/mol. The van der Waals surface area contributed by atoms with E-state index in [2.05, 4.69) is 33.9 Å². The van der Waals surface area contributed by atoms with E-state index < -0.39 is 0 Å². The Kier molecular flexibility index (Phi) is 6.22. The van der Waals surface area contributed by atoms with Gasteiger partial charge >= 0.3 is 6.03 Å². The molecule has 27 heavy (non-hydrogen) atoms. The quantitative estimate of drug-likeness (QED) is 0.670. The minimum Gasteiger partial charge on any atom is -0.338 e. The van der Waals surface area contributed by atoms with Gasteiger partial charge in [0.15, 0.2) is 0 Å². The van der Waals surface area contributed by atoms with E-state index in [0.717, 1.165) is 27.6 Å². The summed E-state index contributed by atoms with van der Waals surface area (Å²) < 4.78 is 0. The molecule has 0 atom stereocenters. The molecule has 2 heterocycles. The van der Waals surface area contributed by atoms with Crippen molar-refractivity contribution in [1.82, 2.24) is 15.2 Å². The molecule has 0 unspecified atom stereocenters. The molecule has 0 saturated heterocycles. The van der Waals surface area contributed by atoms with Gasteiger partial charge in [-0.3, -0.25) is 0 Å². The third-order valence-corrected chi connectivity index (χ3v) is 5.94. The van der Waals surface area contributed by atoms with Gasteiger partial charge in [-0.2, -0.15) is 5.26 Å². The molecule has 0 aliphatic heterocycles. The van der Waals surface area contributed by atoms with Gasteiger partial charge in [-0.25, -0.2) is 9.78 Å². The topological polar surface area (TPSA) is 69.0 Å². The first-order valence-corrected chi connectivity index (χ1v) is 10.2. The predicted molar refractivity (Wildman–Crippen MR) is 110 cm³/mol. The lowest BCUT2D eigenvalue weighted by atomic mass is 10.1. The van der Waals surface area contributed by atoms with E-state index in [9.17, 15) is 4.79 Å². The summed E-state index contributed by atoms with van der Waals surface area (Å²) in [5.74, 6) is 0. The maximum absolute atomic E-state index is 12.3. The number of urea groups is 1. The summed E-state index contributed by atoms with van der Waals surface area (Å²) in [4.78, 5) is 20.8. The predicted octanol–water partition coefficient (Wildman–Crippen LogP) is 4.44. The van der Waals surface area contributed by atoms with Crippen LogP contribution >= 0.6 is 22.7 Å². The number of carbonyl (C=O) groups is 1. The third kappa shape index (κ3) is 5.16. The highest BCUT2D eigenvalue weighted by molar-refractivity contribution is 7.16. The molecule has 3 rings (SSSR count). The number of aryl methyl sites for hydroxylation is 1. The Labute approximate surface area is 166 Å². The minimum absolute atomic E-state index is 0.121. The molecule has 0 radical (unpaired) electrons. The van der Waals surface area contributed by atoms with Crippen molar-refractivity contribution in [2.75, 3.05) is 13.6 Å². The number of thiazole rings is 1. The molecule has 0 bridgehead atoms. The summed E-state index contributed by atoms with van der Waals surface area (Å²) in [7, 11) is 1.75. The number of thiophene rings is 1. The van der Waals surface area contributed by atoms with Crippen molar-refractivity contribution in [3.05, 3.63) is 62.8 Å². The zero-order chi connectivity index (χ0) is 19.2. The molecule has 0 saturated carbocycles. The lowest BCUT2D eigenvalue weighted by molar-refractivity contribution is 0.207. The maximum Gasteiger partial charge on any atom is 0.317 e. The number of nitriles is 1. The van der Waals surface area contributed by atoms with E-state index in [0.29, 0.717) is 18.7 Å². The summed E-state index contributed by atoms with van der Waals surface area (Å²) in [5, 5.41) is 15.0. The van der Waals surface area contributed by atoms with Crippen LogP contribution in [0.2, 0.25) is 0 Å². The average molecular weight is 397 g/mol. The number of amides is 2. The van der Waals surface area contributed by atoms with Crippen molar-refractivity contribution < 1.29 is 4.79 Å². The Morgan fingerprint density at radius 2 is 2.19 bits per heavy atom. The largest absolute Gasteiger partial charge is 0.338 e. The van der Waals surface area contributed by atoms with Crippen molar-refractivity contribution in [3.63, 3.8) is 0 Å². The first-order valence-electron chi connectivity index (χ1n) is 8.54. The fourth-order valence-corrected chi connectivity index (χ4v) is 4.29. The fourth-order valence-electron chi connectivity index (χ4n) is 2.64. The van der Waals surface area contributed by atoms with Gasteiger partial charge in [0.25, 0.3) is 0 Å². The van der Waals surface area contributed by atoms with Crippen LogP contribution in [0.1, 0.15) is 21.0 Å². The van der Waals surface area contributed by atoms with Gasteiger partial charge in [0, 0.05) is 30.4 Å². The molecule has 2 amide bonds. The normalized spacial score (nSPS) is 10.4. The average Bonchev–Trinajstić information content (AvgIpc) is 3.30. The van der Waals surface area contributed by atoms with Crippen LogP contribution in [0.5, 0.6) is 0 Å². The fraction of sp³-hybridized carbons (Fsp3) is 0.250. The van der Waals surface area contributed by atoms with Crippen LogP contribution in [-0.2, 0) is 13.0 Å². The minimum atomic E-state index is -0.121. The standard InChI is InChI=1S/C20H20N4OS2/c1-14-23-18(13-26-14)19-7-6-17(27-19)8-9-22-20(25)24(2)12-16-5-3-4-15(10-16)11-21/h3-7,10,13H,8-9,12H2,1-2H3,(H,22,25). The lowest BCUT2D eigenvalue weighted by Crippen LogP contribution is -2.37. The summed E-state index contributed by atoms with van der Waals surface area (Å²) in [5.41, 5.74) is 2.57. The molecule has 1 aromatic carbocycles. The first-order chi connectivity index (χ1) is 13.0. The van der Waals surface area contributed by atoms with Gasteiger partial charge in [0.05, 0.1) is 27.2 Å². The number of nitrogens with one attached hydrogen (secondary N) is 1. The van der Waals surface area contributed by atoms with Gasteiger partial charge < -0.3 is 10.2 Å². The van der Waals surface area contributed by atoms with Crippen molar-refractivity contribution in [1.29, 1.82) is 5.26 Å². The zero-order valence-electron chi connectivity index (χ0n) is 15.2. The second-order valence-electron chi connectivity index (χ2n) is 6.17. The van der Waals surface area contributed by atoms with Crippen molar-refractivity contribution in [2.45, 2.75) is 19.9 Å². The van der Waals surface area contributed by atoms with E-state index in [1.807, 2.05) is 19.1 Å². The highest BCUT2D eigenvalue weighted by Gasteiger charge is 2.10. The van der Waals surface area contributed by atoms with Crippen LogP contribution in [-0.4, -0.2) is 29.5 Å². The number of aromatic nitrogens is 1. The van der Waals surface area contributed by atoms with Crippen molar-refractivity contribution >= 4 is 28.7 Å². The Balaban J connectivity index is 1.47. The summed E-state index contributed by atoms with van der Waals surface area (Å²) in [6.07, 6.45) is 0.789. The van der Waals surface area contributed by atoms with Gasteiger partial charge in [0.1, 0.15) is 0 Å². The summed E-state index contributed by atoms with van der Waals surface area (Å²) >= 11 is 3.37. The van der Waals surface area contributed by atoms with Crippen molar-refractivity contribution in [2.24, 2.45) is 0 Å². The highest BCUT2D eigenvalue weighted by Crippen LogP contribution is 2.29. The first kappa shape index (κ1) is 19.1. The Bertz CT molecular complexity index is 970. The smallest absolute Gasteiger partial charge is 0.317 e. The summed E-state index contributed by atoms with van der Waals surface area (Å²) in [6, 6.07) is 13.5. The van der Waals surface area contributed by atoms with Crippen LogP contribution in [0.3, 0.4) is 0 Å². The molecule has 5 nitrogen and oxygen atoms in total. The van der Waals surface area contributed by atoms with Crippen LogP contribution < -0.4 is 5.32 Å². The molecule has 0 spiro atoms. The van der Waals surface area contributed by atoms with Gasteiger partial charge in [0.2, 0.25) is 0 Å². The number of nitrogens with zero attached hydrogens (tertiary/aromatic N) is 3. The van der Waals surface area contributed by atoms with Gasteiger partial charge in [-0.05, 0) is 43.2 Å². The number of rotatable bonds is 6. The van der Waals surface area contributed by atoms with E-state index in [-0.39, 0.29) is 6.03 Å². The molecular weight excluding hydrogens is 376 g/mol. The molecule has 1 N–H and O–H groups in total. The molecule has 7 heteroatoms. The van der Waals surface area contributed by atoms with E-state index in [1.54, 1.807) is 46.8 Å². The molecule has 3 aromatic rings. The molecule has 0 fully saturated rings. The Morgan fingerprint density at radius 3 is 2.93 bits per heavy atom. The number of carbonyl (C=O) groups excluding carboxylic acids is 1. The van der Waals surface area contributed by atoms with E-state index in [1.165, 1.54) is 4.88 Å². The maximum atomic E-state index is 12.3. The highest BCUT2D eigenvalue weighted by atomic mass is 32.1. The van der Waals surface area contributed by atoms with Crippen LogP contribution in [0.15, 0.2) is 41.8 Å². The number of hydrogen-bond donors (Lipinski definition) is 1. The Morgan fingerprint density at radius 1 is 1.33 bits per heavy atom. The molecule has 138 valence electrons. The van der Waals surface area contributed by atoms with Crippen molar-refractivity contribution in [3.8, 4) is 16.6 Å². The Hall–Kier alpha value is -2.69. The van der Waals surface area contributed by atoms with Crippen LogP contribution in [0.25, 0.3) is 10.6 Å². The molecular formula is C20H20N4OS2. The number of benzene rings is 1. The SMILES string of the molecule is Cc1nc(-c2ccc(CCNC(=O)N(C)Cc3cccc(C#N)c3)s2)cs1. The second kappa shape index (κ2) is 8.80. The van der Waals surface area contributed by atoms with Crippen LogP contribution in [0, 0.1) is 18.3 Å². The van der Waals surface area contributed by atoms with E-state index >= 15 is 0 Å². The summed E-state index contributed by atoms with van der Waals surface area (Å²) in [6.45, 7) is 3.05. The zero-order valence-corrected chi connectivity index (χ0v) is 16.9. The molecule has 0 aliphatic carbocycles.